The van der Waals surface area contributed by atoms with E-state index >= 15 is 0 Å². The van der Waals surface area contributed by atoms with Crippen molar-refractivity contribution in [3.63, 3.8) is 0 Å². The maximum atomic E-state index is 3.57. The number of aromatic amines is 2. The van der Waals surface area contributed by atoms with Gasteiger partial charge in [0.1, 0.15) is 0 Å². The maximum absolute atomic E-state index is 3.57. The van der Waals surface area contributed by atoms with Crippen LogP contribution in [0, 0.1) is 0 Å². The van der Waals surface area contributed by atoms with Gasteiger partial charge in [0.15, 0.2) is 5.69 Å². The van der Waals surface area contributed by atoms with Gasteiger partial charge in [-0.15, -0.1) is 0 Å². The fraction of sp³-hybridized carbons (Fsp3) is 0. The van der Waals surface area contributed by atoms with Gasteiger partial charge < -0.3 is 4.98 Å². The van der Waals surface area contributed by atoms with Crippen molar-refractivity contribution in [3.05, 3.63) is 85.2 Å². The van der Waals surface area contributed by atoms with E-state index in [4.69, 9.17) is 0 Å². The van der Waals surface area contributed by atoms with Crippen LogP contribution in [0.1, 0.15) is 0 Å². The van der Waals surface area contributed by atoms with Gasteiger partial charge in [0, 0.05) is 28.7 Å². The molecule has 0 saturated heterocycles. The lowest BCUT2D eigenvalue weighted by Crippen LogP contribution is -2.22. The van der Waals surface area contributed by atoms with Crippen LogP contribution in [0.25, 0.3) is 27.8 Å². The van der Waals surface area contributed by atoms with E-state index in [0.29, 0.717) is 0 Å². The van der Waals surface area contributed by atoms with E-state index in [1.807, 2.05) is 36.4 Å². The molecule has 0 spiro atoms. The second-order valence-corrected chi connectivity index (χ2v) is 6.04. The van der Waals surface area contributed by atoms with Gasteiger partial charge in [0.05, 0.1) is 11.9 Å². The molecule has 5 aromatic rings. The standard InChI is InChI=1S/C21H16N4/c1-2-8-15(9-3-1)23-21-20(24-19-12-6-7-13-25(19)21)17-14-22-18-11-5-4-10-16(17)18/h1-14,22-23H/p+1. The Morgan fingerprint density at radius 1 is 0.800 bits per heavy atom. The highest BCUT2D eigenvalue weighted by molar-refractivity contribution is 5.97. The topological polar surface area (TPSA) is 47.7 Å². The molecule has 0 saturated carbocycles. The summed E-state index contributed by atoms with van der Waals surface area (Å²) in [4.78, 5) is 6.92. The highest BCUT2D eigenvalue weighted by atomic mass is 15.1. The van der Waals surface area contributed by atoms with Crippen LogP contribution < -0.4 is 9.72 Å². The predicted octanol–water partition coefficient (Wildman–Crippen LogP) is 4.65. The molecule has 2 aromatic carbocycles. The number of aromatic nitrogens is 3. The van der Waals surface area contributed by atoms with Gasteiger partial charge in [0.2, 0.25) is 5.65 Å². The minimum Gasteiger partial charge on any atom is -0.360 e. The van der Waals surface area contributed by atoms with Crippen LogP contribution in [-0.4, -0.2) is 9.97 Å². The van der Waals surface area contributed by atoms with Gasteiger partial charge in [-0.25, -0.2) is 4.40 Å². The van der Waals surface area contributed by atoms with Crippen LogP contribution in [0.4, 0.5) is 11.5 Å². The van der Waals surface area contributed by atoms with Crippen molar-refractivity contribution in [2.45, 2.75) is 0 Å². The number of pyridine rings is 1. The molecular formula is C21H17N4+. The smallest absolute Gasteiger partial charge is 0.271 e. The molecule has 120 valence electrons. The lowest BCUT2D eigenvalue weighted by Gasteiger charge is -2.02. The first-order valence-corrected chi connectivity index (χ1v) is 8.31. The third kappa shape index (κ3) is 2.27. The molecular weight excluding hydrogens is 308 g/mol. The SMILES string of the molecule is c1ccc(Nc2c(-c3c[nH]c4ccccc34)[nH]c3cccc[n+]23)cc1. The van der Waals surface area contributed by atoms with Crippen molar-refractivity contribution >= 4 is 28.1 Å². The molecule has 4 heteroatoms. The number of imidazole rings is 1. The highest BCUT2D eigenvalue weighted by Gasteiger charge is 2.22. The predicted molar refractivity (Wildman–Crippen MR) is 101 cm³/mol. The Morgan fingerprint density at radius 2 is 1.60 bits per heavy atom. The molecule has 0 atom stereocenters. The van der Waals surface area contributed by atoms with Gasteiger partial charge in [0.25, 0.3) is 5.82 Å². The number of H-pyrrole nitrogens is 2. The van der Waals surface area contributed by atoms with Gasteiger partial charge in [-0.1, -0.05) is 42.5 Å². The van der Waals surface area contributed by atoms with E-state index in [1.54, 1.807) is 0 Å². The van der Waals surface area contributed by atoms with Crippen molar-refractivity contribution in [1.29, 1.82) is 0 Å². The molecule has 0 aliphatic heterocycles. The number of anilines is 2. The second-order valence-electron chi connectivity index (χ2n) is 6.04. The average molecular weight is 325 g/mol. The summed E-state index contributed by atoms with van der Waals surface area (Å²) in [6.45, 7) is 0. The zero-order chi connectivity index (χ0) is 16.6. The third-order valence-electron chi connectivity index (χ3n) is 4.49. The summed E-state index contributed by atoms with van der Waals surface area (Å²) in [5, 5.41) is 4.77. The number of rotatable bonds is 3. The zero-order valence-electron chi connectivity index (χ0n) is 13.5. The largest absolute Gasteiger partial charge is 0.360 e. The molecule has 5 rings (SSSR count). The lowest BCUT2D eigenvalue weighted by molar-refractivity contribution is -0.493. The quantitative estimate of drug-likeness (QED) is 0.416. The van der Waals surface area contributed by atoms with Gasteiger partial charge >= 0.3 is 0 Å². The fourth-order valence-electron chi connectivity index (χ4n) is 3.30. The summed E-state index contributed by atoms with van der Waals surface area (Å²) >= 11 is 0. The summed E-state index contributed by atoms with van der Waals surface area (Å²) in [5.74, 6) is 1.02. The van der Waals surface area contributed by atoms with Crippen LogP contribution in [0.5, 0.6) is 0 Å². The van der Waals surface area contributed by atoms with Crippen molar-refractivity contribution in [2.75, 3.05) is 5.32 Å². The van der Waals surface area contributed by atoms with Crippen LogP contribution in [0.3, 0.4) is 0 Å². The summed E-state index contributed by atoms with van der Waals surface area (Å²) in [6.07, 6.45) is 4.13. The lowest BCUT2D eigenvalue weighted by atomic mass is 10.1. The van der Waals surface area contributed by atoms with Crippen molar-refractivity contribution in [3.8, 4) is 11.3 Å². The molecule has 0 unspecified atom stereocenters. The second kappa shape index (κ2) is 5.53. The van der Waals surface area contributed by atoms with E-state index in [2.05, 4.69) is 68.5 Å². The molecule has 3 aromatic heterocycles. The van der Waals surface area contributed by atoms with Crippen LogP contribution in [0.2, 0.25) is 0 Å². The molecule has 4 nitrogen and oxygen atoms in total. The molecule has 25 heavy (non-hydrogen) atoms. The van der Waals surface area contributed by atoms with E-state index in [-0.39, 0.29) is 0 Å². The first-order valence-electron chi connectivity index (χ1n) is 8.31. The monoisotopic (exact) mass is 325 g/mol. The molecule has 0 bridgehead atoms. The Hall–Kier alpha value is -3.53. The molecule has 0 amide bonds. The van der Waals surface area contributed by atoms with E-state index < -0.39 is 0 Å². The van der Waals surface area contributed by atoms with Gasteiger partial charge in [-0.05, 0) is 24.3 Å². The Labute approximate surface area is 144 Å². The molecule has 0 aliphatic rings. The van der Waals surface area contributed by atoms with Crippen LogP contribution >= 0.6 is 0 Å². The van der Waals surface area contributed by atoms with Crippen molar-refractivity contribution in [1.82, 2.24) is 9.97 Å². The van der Waals surface area contributed by atoms with Crippen LogP contribution in [-0.2, 0) is 0 Å². The minimum atomic E-state index is 1.02. The summed E-state index contributed by atoms with van der Waals surface area (Å²) < 4.78 is 2.14. The van der Waals surface area contributed by atoms with E-state index in [1.165, 1.54) is 5.39 Å². The number of hydrogen-bond acceptors (Lipinski definition) is 1. The Balaban J connectivity index is 1.76. The molecule has 3 heterocycles. The number of para-hydroxylation sites is 2. The van der Waals surface area contributed by atoms with E-state index in [0.717, 1.165) is 33.9 Å². The Bertz CT molecular complexity index is 1170. The Morgan fingerprint density at radius 3 is 2.52 bits per heavy atom. The summed E-state index contributed by atoms with van der Waals surface area (Å²) in [7, 11) is 0. The molecule has 0 aliphatic carbocycles. The zero-order valence-corrected chi connectivity index (χ0v) is 13.5. The number of benzene rings is 2. The third-order valence-corrected chi connectivity index (χ3v) is 4.49. The van der Waals surface area contributed by atoms with Gasteiger partial charge in [-0.3, -0.25) is 10.3 Å². The fourth-order valence-corrected chi connectivity index (χ4v) is 3.30. The minimum absolute atomic E-state index is 1.02. The average Bonchev–Trinajstić information content (AvgIpc) is 3.24. The molecule has 3 N–H and O–H groups in total. The number of nitrogens with one attached hydrogen (secondary N) is 3. The molecule has 0 fully saturated rings. The first-order chi connectivity index (χ1) is 12.4. The normalized spacial score (nSPS) is 11.2. The first kappa shape index (κ1) is 13.9. The molecule has 0 radical (unpaired) electrons. The number of fused-ring (bicyclic) bond motifs is 2. The Kier molecular flexibility index (Phi) is 3.07. The van der Waals surface area contributed by atoms with Gasteiger partial charge in [-0.2, -0.15) is 0 Å². The number of nitrogens with zero attached hydrogens (tertiary/aromatic N) is 1. The van der Waals surface area contributed by atoms with Crippen molar-refractivity contribution < 1.29 is 4.40 Å². The van der Waals surface area contributed by atoms with E-state index in [9.17, 15) is 0 Å². The summed E-state index contributed by atoms with van der Waals surface area (Å²) in [6, 6.07) is 24.7. The summed E-state index contributed by atoms with van der Waals surface area (Å²) in [5.41, 5.74) is 5.44. The maximum Gasteiger partial charge on any atom is 0.271 e. The van der Waals surface area contributed by atoms with Crippen LogP contribution in [0.15, 0.2) is 85.2 Å². The highest BCUT2D eigenvalue weighted by Crippen LogP contribution is 2.32. The van der Waals surface area contributed by atoms with Crippen molar-refractivity contribution in [2.24, 2.45) is 0 Å². The number of hydrogen-bond donors (Lipinski definition) is 3.